The number of ether oxygens (including phenoxy) is 1. The second-order valence-corrected chi connectivity index (χ2v) is 39.6. The molecule has 0 heterocycles. The van der Waals surface area contributed by atoms with E-state index >= 15 is 0 Å². The summed E-state index contributed by atoms with van der Waals surface area (Å²) < 4.78 is 5.20. The van der Waals surface area contributed by atoms with Gasteiger partial charge in [-0.05, 0) is 0 Å². The average molecular weight is 432 g/mol. The maximum atomic E-state index is 11.4. The Morgan fingerprint density at radius 3 is 2.47 bits per heavy atom. The minimum atomic E-state index is -2.04. The number of halogens is 1. The monoisotopic (exact) mass is 432 g/mol. The third-order valence-corrected chi connectivity index (χ3v) is 15.0. The molecule has 0 bridgehead atoms. The number of esters is 1. The van der Waals surface area contributed by atoms with Gasteiger partial charge in [0.1, 0.15) is 0 Å². The van der Waals surface area contributed by atoms with Crippen molar-refractivity contribution in [3.8, 4) is 0 Å². The van der Waals surface area contributed by atoms with Crippen molar-refractivity contribution < 1.29 is 9.53 Å². The zero-order valence-corrected chi connectivity index (χ0v) is 16.7. The van der Waals surface area contributed by atoms with Crippen LogP contribution in [0.3, 0.4) is 0 Å². The van der Waals surface area contributed by atoms with Crippen molar-refractivity contribution in [1.29, 1.82) is 0 Å². The van der Waals surface area contributed by atoms with E-state index in [9.17, 15) is 4.79 Å². The van der Waals surface area contributed by atoms with E-state index in [0.29, 0.717) is 12.4 Å². The maximum absolute atomic E-state index is 11.4. The average Bonchev–Trinajstić information content (AvgIpc) is 2.19. The normalized spacial score (nSPS) is 11.9. The van der Waals surface area contributed by atoms with Gasteiger partial charge in [-0.1, -0.05) is 0 Å². The van der Waals surface area contributed by atoms with Crippen molar-refractivity contribution >= 4 is 42.4 Å². The summed E-state index contributed by atoms with van der Waals surface area (Å²) in [6, 6.07) is 0. The molecule has 2 nitrogen and oxygen atoms in total. The van der Waals surface area contributed by atoms with E-state index in [1.165, 1.54) is 19.3 Å². The molecule has 0 aliphatic carbocycles. The van der Waals surface area contributed by atoms with Crippen LogP contribution in [0.1, 0.15) is 39.5 Å². The molecule has 0 atom stereocenters. The summed E-state index contributed by atoms with van der Waals surface area (Å²) in [5, 5.41) is 0. The van der Waals surface area contributed by atoms with Gasteiger partial charge in [-0.2, -0.15) is 0 Å². The van der Waals surface area contributed by atoms with Gasteiger partial charge >= 0.3 is 120 Å². The molecular formula is C12H25BrO2SSn. The first-order chi connectivity index (χ1) is 7.81. The molecular weight excluding hydrogens is 407 g/mol. The first-order valence-electron chi connectivity index (χ1n) is 6.30. The Hall–Kier alpha value is 1.10. The molecule has 0 unspecified atom stereocenters. The van der Waals surface area contributed by atoms with Gasteiger partial charge in [0.25, 0.3) is 0 Å². The van der Waals surface area contributed by atoms with Crippen LogP contribution in [0.4, 0.5) is 0 Å². The van der Waals surface area contributed by atoms with E-state index in [4.69, 9.17) is 4.74 Å². The molecule has 0 radical (unpaired) electrons. The first-order valence-corrected chi connectivity index (χ1v) is 22.9. The number of unbranched alkanes of at least 4 members (excludes halogenated alkanes) is 2. The van der Waals surface area contributed by atoms with E-state index in [1.807, 2.05) is 0 Å². The van der Waals surface area contributed by atoms with Crippen LogP contribution in [0.15, 0.2) is 0 Å². The van der Waals surface area contributed by atoms with Crippen molar-refractivity contribution in [2.75, 3.05) is 12.4 Å². The van der Waals surface area contributed by atoms with Gasteiger partial charge in [0.15, 0.2) is 0 Å². The van der Waals surface area contributed by atoms with Crippen LogP contribution >= 0.6 is 21.7 Å². The fourth-order valence-corrected chi connectivity index (χ4v) is 8.09. The summed E-state index contributed by atoms with van der Waals surface area (Å²) in [6.07, 6.45) is 4.69. The van der Waals surface area contributed by atoms with E-state index in [-0.39, 0.29) is 5.97 Å². The van der Waals surface area contributed by atoms with Gasteiger partial charge in [0, 0.05) is 0 Å². The topological polar surface area (TPSA) is 26.3 Å². The van der Waals surface area contributed by atoms with Gasteiger partial charge < -0.3 is 0 Å². The zero-order chi connectivity index (χ0) is 13.3. The molecule has 0 fully saturated rings. The summed E-state index contributed by atoms with van der Waals surface area (Å²) in [5.41, 5.74) is 0. The van der Waals surface area contributed by atoms with E-state index in [0.717, 1.165) is 12.3 Å². The third-order valence-electron chi connectivity index (χ3n) is 2.22. The van der Waals surface area contributed by atoms with Gasteiger partial charge in [0.05, 0.1) is 0 Å². The van der Waals surface area contributed by atoms with E-state index in [2.05, 4.69) is 36.4 Å². The predicted molar refractivity (Wildman–Crippen MR) is 83.1 cm³/mol. The Kier molecular flexibility index (Phi) is 10.6. The zero-order valence-electron chi connectivity index (χ0n) is 11.4. The second-order valence-electron chi connectivity index (χ2n) is 5.12. The van der Waals surface area contributed by atoms with E-state index in [1.54, 1.807) is 8.95 Å². The SMILES string of the molecule is CC(C)CCCCCOC(=O)C[S][Sn]([CH3])([CH3])[Br]. The van der Waals surface area contributed by atoms with Crippen LogP contribution in [0, 0.1) is 5.92 Å². The summed E-state index contributed by atoms with van der Waals surface area (Å²) in [6.45, 7) is 5.08. The van der Waals surface area contributed by atoms with Gasteiger partial charge in [-0.25, -0.2) is 0 Å². The minimum absolute atomic E-state index is 0.0527. The van der Waals surface area contributed by atoms with E-state index < -0.39 is 14.8 Å². The predicted octanol–water partition coefficient (Wildman–Crippen LogP) is 4.58. The molecule has 0 aromatic rings. The molecule has 0 aliphatic heterocycles. The molecule has 0 aromatic heterocycles. The van der Waals surface area contributed by atoms with Crippen LogP contribution in [-0.2, 0) is 9.53 Å². The van der Waals surface area contributed by atoms with Crippen LogP contribution in [0.2, 0.25) is 9.88 Å². The standard InChI is InChI=1S/C10H20O2S.2CH3.BrH.Sn/c1-9(2)6-4-3-5-7-12-10(11)8-13;;;;/h9,13H,3-8H2,1-2H3;2*1H3;1H;/q;;;;+2/p-2. The fourth-order valence-electron chi connectivity index (χ4n) is 1.29. The molecule has 17 heavy (non-hydrogen) atoms. The number of hydrogen-bond donors (Lipinski definition) is 0. The summed E-state index contributed by atoms with van der Waals surface area (Å²) in [7, 11) is 1.77. The third kappa shape index (κ3) is 15.0. The summed E-state index contributed by atoms with van der Waals surface area (Å²) in [4.78, 5) is 15.9. The summed E-state index contributed by atoms with van der Waals surface area (Å²) >= 11 is 1.65. The van der Waals surface area contributed by atoms with Gasteiger partial charge in [0.2, 0.25) is 0 Å². The summed E-state index contributed by atoms with van der Waals surface area (Å²) in [5.74, 6) is 1.24. The van der Waals surface area contributed by atoms with Crippen LogP contribution in [0.5, 0.6) is 0 Å². The molecule has 5 heteroatoms. The molecule has 0 saturated carbocycles. The molecule has 102 valence electrons. The van der Waals surface area contributed by atoms with Crippen LogP contribution < -0.4 is 0 Å². The second kappa shape index (κ2) is 9.95. The number of carbonyl (C=O) groups excluding carboxylic acids is 1. The Balaban J connectivity index is 3.34. The van der Waals surface area contributed by atoms with Crippen molar-refractivity contribution in [3.63, 3.8) is 0 Å². The van der Waals surface area contributed by atoms with Crippen LogP contribution in [-0.4, -0.2) is 33.1 Å². The molecule has 0 aromatic carbocycles. The molecule has 0 amide bonds. The van der Waals surface area contributed by atoms with Gasteiger partial charge in [-0.15, -0.1) is 0 Å². The molecule has 0 rings (SSSR count). The van der Waals surface area contributed by atoms with Gasteiger partial charge in [-0.3, -0.25) is 0 Å². The van der Waals surface area contributed by atoms with Crippen molar-refractivity contribution in [1.82, 2.24) is 0 Å². The van der Waals surface area contributed by atoms with Crippen molar-refractivity contribution in [2.24, 2.45) is 5.92 Å². The van der Waals surface area contributed by atoms with Crippen molar-refractivity contribution in [2.45, 2.75) is 49.4 Å². The number of carbonyl (C=O) groups is 1. The molecule has 0 spiro atoms. The van der Waals surface area contributed by atoms with Crippen LogP contribution in [0.25, 0.3) is 0 Å². The first kappa shape index (κ1) is 18.1. The Labute approximate surface area is 119 Å². The molecule has 0 aliphatic rings. The Morgan fingerprint density at radius 1 is 1.29 bits per heavy atom. The number of rotatable bonds is 9. The molecule has 0 N–H and O–H groups in total. The van der Waals surface area contributed by atoms with Crippen molar-refractivity contribution in [3.05, 3.63) is 0 Å². The fraction of sp³-hybridized carbons (Fsp3) is 0.917. The molecule has 0 saturated heterocycles. The number of hydrogen-bond acceptors (Lipinski definition) is 3. The Morgan fingerprint density at radius 2 is 1.94 bits per heavy atom. The quantitative estimate of drug-likeness (QED) is 0.304. The Bertz CT molecular complexity index is 217.